The van der Waals surface area contributed by atoms with Crippen LogP contribution in [0.25, 0.3) is 0 Å². The molecule has 3 nitrogen and oxygen atoms in total. The molecule has 0 unspecified atom stereocenters. The molecule has 0 atom stereocenters. The van der Waals surface area contributed by atoms with Gasteiger partial charge in [0.25, 0.3) is 5.91 Å². The molecule has 0 radical (unpaired) electrons. The van der Waals surface area contributed by atoms with Gasteiger partial charge in [-0.15, -0.1) is 12.4 Å². The number of carbonyl (C=O) groups is 1. The quantitative estimate of drug-likeness (QED) is 0.903. The van der Waals surface area contributed by atoms with Crippen molar-refractivity contribution in [3.8, 4) is 0 Å². The molecule has 0 spiro atoms. The van der Waals surface area contributed by atoms with Crippen LogP contribution < -0.4 is 5.32 Å². The number of anilines is 1. The highest BCUT2D eigenvalue weighted by atomic mass is 35.5. The van der Waals surface area contributed by atoms with Crippen molar-refractivity contribution in [3.05, 3.63) is 29.3 Å². The summed E-state index contributed by atoms with van der Waals surface area (Å²) in [6.07, 6.45) is 5.72. The lowest BCUT2D eigenvalue weighted by Gasteiger charge is -2.35. The smallest absolute Gasteiger partial charge is 0.254 e. The topological polar surface area (TPSA) is 32.3 Å². The van der Waals surface area contributed by atoms with E-state index in [1.807, 2.05) is 24.1 Å². The first-order valence-electron chi connectivity index (χ1n) is 6.90. The van der Waals surface area contributed by atoms with Crippen molar-refractivity contribution in [1.82, 2.24) is 4.90 Å². The number of hydrogen-bond acceptors (Lipinski definition) is 2. The number of rotatable bonds is 2. The van der Waals surface area contributed by atoms with Gasteiger partial charge in [0.15, 0.2) is 0 Å². The van der Waals surface area contributed by atoms with Gasteiger partial charge in [-0.25, -0.2) is 0 Å². The van der Waals surface area contributed by atoms with E-state index < -0.39 is 0 Å². The molecule has 4 heteroatoms. The number of fused-ring (bicyclic) bond motifs is 1. The van der Waals surface area contributed by atoms with Gasteiger partial charge in [0.1, 0.15) is 0 Å². The second-order valence-corrected chi connectivity index (χ2v) is 5.36. The van der Waals surface area contributed by atoms with Gasteiger partial charge in [0.2, 0.25) is 0 Å². The minimum atomic E-state index is 0. The molecule has 0 saturated heterocycles. The highest BCUT2D eigenvalue weighted by Crippen LogP contribution is 2.29. The number of benzene rings is 1. The van der Waals surface area contributed by atoms with E-state index in [-0.39, 0.29) is 18.3 Å². The average Bonchev–Trinajstić information content (AvgIpc) is 2.35. The van der Waals surface area contributed by atoms with Crippen LogP contribution in [0.3, 0.4) is 0 Å². The summed E-state index contributed by atoms with van der Waals surface area (Å²) in [6, 6.07) is 6.50. The molecule has 2 aliphatic rings. The Morgan fingerprint density at radius 2 is 2.11 bits per heavy atom. The molecule has 1 aromatic carbocycles. The summed E-state index contributed by atoms with van der Waals surface area (Å²) in [7, 11) is 1.95. The molecular formula is C15H21ClN2O. The summed E-state index contributed by atoms with van der Waals surface area (Å²) >= 11 is 0. The molecule has 19 heavy (non-hydrogen) atoms. The maximum Gasteiger partial charge on any atom is 0.254 e. The maximum atomic E-state index is 12.5. The lowest BCUT2D eigenvalue weighted by molar-refractivity contribution is 0.0651. The molecule has 1 N–H and O–H groups in total. The standard InChI is InChI=1S/C15H20N2O.ClH/c1-17(11-5-2-6-11)15(18)13-7-3-9-14-12(13)8-4-10-16-14;/h3,7,9,11,16H,2,4-6,8,10H2,1H3;1H. The van der Waals surface area contributed by atoms with Crippen LogP contribution in [-0.2, 0) is 6.42 Å². The van der Waals surface area contributed by atoms with E-state index in [0.717, 1.165) is 43.5 Å². The zero-order chi connectivity index (χ0) is 12.5. The van der Waals surface area contributed by atoms with Crippen LogP contribution in [0.15, 0.2) is 18.2 Å². The van der Waals surface area contributed by atoms with Gasteiger partial charge < -0.3 is 10.2 Å². The number of nitrogens with zero attached hydrogens (tertiary/aromatic N) is 1. The molecule has 3 rings (SSSR count). The fraction of sp³-hybridized carbons (Fsp3) is 0.533. The molecule has 0 aromatic heterocycles. The van der Waals surface area contributed by atoms with Crippen molar-refractivity contribution >= 4 is 24.0 Å². The lowest BCUT2D eigenvalue weighted by Crippen LogP contribution is -2.41. The molecule has 1 aliphatic carbocycles. The third-order valence-electron chi connectivity index (χ3n) is 4.27. The molecule has 1 fully saturated rings. The molecule has 1 amide bonds. The lowest BCUT2D eigenvalue weighted by atomic mass is 9.90. The summed E-state index contributed by atoms with van der Waals surface area (Å²) < 4.78 is 0. The predicted molar refractivity (Wildman–Crippen MR) is 80.2 cm³/mol. The Bertz CT molecular complexity index is 471. The van der Waals surface area contributed by atoms with Gasteiger partial charge in [0, 0.05) is 30.9 Å². The summed E-state index contributed by atoms with van der Waals surface area (Å²) in [5, 5.41) is 3.38. The van der Waals surface area contributed by atoms with Crippen molar-refractivity contribution in [2.24, 2.45) is 0 Å². The van der Waals surface area contributed by atoms with Gasteiger partial charge >= 0.3 is 0 Å². The predicted octanol–water partition coefficient (Wildman–Crippen LogP) is 3.09. The van der Waals surface area contributed by atoms with Gasteiger partial charge in [0.05, 0.1) is 0 Å². The number of nitrogens with one attached hydrogen (secondary N) is 1. The first-order valence-corrected chi connectivity index (χ1v) is 6.90. The molecule has 1 aromatic rings. The SMILES string of the molecule is CN(C(=O)c1cccc2c1CCCN2)C1CCC1.Cl. The monoisotopic (exact) mass is 280 g/mol. The Balaban J connectivity index is 0.00000133. The Morgan fingerprint density at radius 1 is 1.32 bits per heavy atom. The molecular weight excluding hydrogens is 260 g/mol. The summed E-state index contributed by atoms with van der Waals surface area (Å²) in [5.74, 6) is 0.195. The summed E-state index contributed by atoms with van der Waals surface area (Å²) in [6.45, 7) is 1.02. The number of carbonyl (C=O) groups excluding carboxylic acids is 1. The van der Waals surface area contributed by atoms with E-state index in [9.17, 15) is 4.79 Å². The first kappa shape index (κ1) is 14.2. The van der Waals surface area contributed by atoms with Crippen molar-refractivity contribution in [2.45, 2.75) is 38.1 Å². The number of halogens is 1. The molecule has 1 aliphatic heterocycles. The van der Waals surface area contributed by atoms with E-state index in [0.29, 0.717) is 6.04 Å². The molecule has 1 heterocycles. The van der Waals surface area contributed by atoms with Crippen LogP contribution in [-0.4, -0.2) is 30.4 Å². The fourth-order valence-electron chi connectivity index (χ4n) is 2.84. The first-order chi connectivity index (χ1) is 8.77. The summed E-state index contributed by atoms with van der Waals surface area (Å²) in [4.78, 5) is 14.5. The Kier molecular flexibility index (Phi) is 4.35. The van der Waals surface area contributed by atoms with Crippen molar-refractivity contribution < 1.29 is 4.79 Å². The van der Waals surface area contributed by atoms with Crippen LogP contribution in [0, 0.1) is 0 Å². The van der Waals surface area contributed by atoms with Crippen LogP contribution in [0.2, 0.25) is 0 Å². The van der Waals surface area contributed by atoms with Gasteiger partial charge in [-0.2, -0.15) is 0 Å². The van der Waals surface area contributed by atoms with Crippen molar-refractivity contribution in [1.29, 1.82) is 0 Å². The number of amides is 1. The van der Waals surface area contributed by atoms with E-state index in [1.54, 1.807) is 0 Å². The molecule has 1 saturated carbocycles. The van der Waals surface area contributed by atoms with Gasteiger partial charge in [-0.1, -0.05) is 6.07 Å². The zero-order valence-electron chi connectivity index (χ0n) is 11.3. The van der Waals surface area contributed by atoms with E-state index in [2.05, 4.69) is 11.4 Å². The van der Waals surface area contributed by atoms with Crippen LogP contribution in [0.1, 0.15) is 41.6 Å². The Hall–Kier alpha value is -1.22. The average molecular weight is 281 g/mol. The largest absolute Gasteiger partial charge is 0.385 e. The highest BCUT2D eigenvalue weighted by molar-refractivity contribution is 5.97. The van der Waals surface area contributed by atoms with E-state index in [1.165, 1.54) is 12.0 Å². The summed E-state index contributed by atoms with van der Waals surface area (Å²) in [5.41, 5.74) is 3.25. The second kappa shape index (κ2) is 5.83. The maximum absolute atomic E-state index is 12.5. The molecule has 0 bridgehead atoms. The van der Waals surface area contributed by atoms with E-state index >= 15 is 0 Å². The second-order valence-electron chi connectivity index (χ2n) is 5.36. The van der Waals surface area contributed by atoms with Gasteiger partial charge in [-0.3, -0.25) is 4.79 Å². The number of hydrogen-bond donors (Lipinski definition) is 1. The fourth-order valence-corrected chi connectivity index (χ4v) is 2.84. The Labute approximate surface area is 120 Å². The van der Waals surface area contributed by atoms with Crippen LogP contribution in [0.5, 0.6) is 0 Å². The normalized spacial score (nSPS) is 17.5. The van der Waals surface area contributed by atoms with Crippen LogP contribution in [0.4, 0.5) is 5.69 Å². The van der Waals surface area contributed by atoms with E-state index in [4.69, 9.17) is 0 Å². The third kappa shape index (κ3) is 2.57. The Morgan fingerprint density at radius 3 is 2.79 bits per heavy atom. The minimum absolute atomic E-state index is 0. The van der Waals surface area contributed by atoms with Crippen molar-refractivity contribution in [2.75, 3.05) is 18.9 Å². The third-order valence-corrected chi connectivity index (χ3v) is 4.27. The minimum Gasteiger partial charge on any atom is -0.385 e. The van der Waals surface area contributed by atoms with Crippen molar-refractivity contribution in [3.63, 3.8) is 0 Å². The zero-order valence-corrected chi connectivity index (χ0v) is 12.1. The molecule has 104 valence electrons. The highest BCUT2D eigenvalue weighted by Gasteiger charge is 2.28. The van der Waals surface area contributed by atoms with Crippen LogP contribution >= 0.6 is 12.4 Å². The van der Waals surface area contributed by atoms with Gasteiger partial charge in [-0.05, 0) is 49.8 Å².